The zero-order chi connectivity index (χ0) is 16.2. The molecule has 0 radical (unpaired) electrons. The number of hydrogen-bond acceptors (Lipinski definition) is 4. The molecule has 2 rings (SSSR count). The minimum Gasteiger partial charge on any atom is -0.507 e. The molecule has 0 aromatic heterocycles. The first-order valence-electron chi connectivity index (χ1n) is 6.68. The van der Waals surface area contributed by atoms with Gasteiger partial charge in [0.2, 0.25) is 0 Å². The highest BCUT2D eigenvalue weighted by atomic mass is 19.3. The van der Waals surface area contributed by atoms with Crippen molar-refractivity contribution in [2.24, 2.45) is 5.73 Å². The van der Waals surface area contributed by atoms with Gasteiger partial charge in [-0.05, 0) is 17.7 Å². The third-order valence-electron chi connectivity index (χ3n) is 3.25. The van der Waals surface area contributed by atoms with Crippen LogP contribution in [0, 0.1) is 0 Å². The molecule has 2 aromatic carbocycles. The van der Waals surface area contributed by atoms with Crippen LogP contribution in [0.3, 0.4) is 0 Å². The van der Waals surface area contributed by atoms with Gasteiger partial charge in [0.25, 0.3) is 5.92 Å². The average molecular weight is 309 g/mol. The molecule has 0 spiro atoms. The Morgan fingerprint density at radius 3 is 2.41 bits per heavy atom. The Kier molecular flexibility index (Phi) is 4.95. The third-order valence-corrected chi connectivity index (χ3v) is 3.25. The Morgan fingerprint density at radius 2 is 1.82 bits per heavy atom. The van der Waals surface area contributed by atoms with Gasteiger partial charge in [0, 0.05) is 11.6 Å². The van der Waals surface area contributed by atoms with Gasteiger partial charge in [0.15, 0.2) is 0 Å². The number of aromatic hydroxyl groups is 1. The molecule has 0 amide bonds. The van der Waals surface area contributed by atoms with Crippen LogP contribution in [-0.4, -0.2) is 22.7 Å². The van der Waals surface area contributed by atoms with E-state index in [1.807, 2.05) is 30.3 Å². The van der Waals surface area contributed by atoms with Gasteiger partial charge in [-0.1, -0.05) is 30.3 Å². The molecule has 2 aromatic rings. The molecule has 0 saturated heterocycles. The summed E-state index contributed by atoms with van der Waals surface area (Å²) in [5, 5.41) is 18.5. The van der Waals surface area contributed by atoms with Crippen molar-refractivity contribution in [3.63, 3.8) is 0 Å². The molecule has 0 fully saturated rings. The second-order valence-electron chi connectivity index (χ2n) is 4.89. The van der Waals surface area contributed by atoms with Crippen molar-refractivity contribution in [1.29, 1.82) is 0 Å². The minimum atomic E-state index is -3.51. The van der Waals surface area contributed by atoms with Crippen LogP contribution in [0.4, 0.5) is 8.78 Å². The minimum absolute atomic E-state index is 0.147. The normalized spacial score (nSPS) is 12.9. The van der Waals surface area contributed by atoms with Crippen molar-refractivity contribution in [2.45, 2.75) is 18.6 Å². The van der Waals surface area contributed by atoms with E-state index in [9.17, 15) is 13.9 Å². The quantitative estimate of drug-likeness (QED) is 0.766. The monoisotopic (exact) mass is 309 g/mol. The average Bonchev–Trinajstić information content (AvgIpc) is 2.53. The van der Waals surface area contributed by atoms with Crippen molar-refractivity contribution in [1.82, 2.24) is 0 Å². The van der Waals surface area contributed by atoms with Gasteiger partial charge in [-0.25, -0.2) is 8.78 Å². The molecule has 0 bridgehead atoms. The van der Waals surface area contributed by atoms with Gasteiger partial charge >= 0.3 is 0 Å². The van der Waals surface area contributed by atoms with Crippen LogP contribution >= 0.6 is 0 Å². The lowest BCUT2D eigenvalue weighted by Gasteiger charge is -2.22. The van der Waals surface area contributed by atoms with Crippen molar-refractivity contribution < 1.29 is 23.7 Å². The fraction of sp³-hybridized carbons (Fsp3) is 0.250. The maximum absolute atomic E-state index is 13.4. The number of aliphatic hydroxyl groups is 1. The predicted octanol–water partition coefficient (Wildman–Crippen LogP) is 2.60. The Morgan fingerprint density at radius 1 is 1.14 bits per heavy atom. The standard InChI is InChI=1S/C16H17F2NO3/c17-16(18,10-20)15(19)13-7-6-12(8-14(13)21)22-9-11-4-2-1-3-5-11/h1-8,15,20-21H,9-10,19H2/t15-/m1/s1. The molecule has 0 aliphatic carbocycles. The summed E-state index contributed by atoms with van der Waals surface area (Å²) in [5.74, 6) is -3.57. The van der Waals surface area contributed by atoms with Crippen LogP contribution in [0.5, 0.6) is 11.5 Å². The van der Waals surface area contributed by atoms with Gasteiger partial charge in [-0.2, -0.15) is 0 Å². The number of benzene rings is 2. The van der Waals surface area contributed by atoms with Crippen LogP contribution in [0.15, 0.2) is 48.5 Å². The fourth-order valence-electron chi connectivity index (χ4n) is 1.94. The van der Waals surface area contributed by atoms with E-state index < -0.39 is 24.3 Å². The first-order valence-corrected chi connectivity index (χ1v) is 6.68. The van der Waals surface area contributed by atoms with Crippen molar-refractivity contribution in [3.05, 3.63) is 59.7 Å². The molecule has 0 aliphatic heterocycles. The van der Waals surface area contributed by atoms with Gasteiger partial charge < -0.3 is 20.7 Å². The maximum atomic E-state index is 13.4. The highest BCUT2D eigenvalue weighted by Gasteiger charge is 2.38. The lowest BCUT2D eigenvalue weighted by Crippen LogP contribution is -2.36. The van der Waals surface area contributed by atoms with E-state index in [1.165, 1.54) is 18.2 Å². The highest BCUT2D eigenvalue weighted by Crippen LogP contribution is 2.35. The molecule has 22 heavy (non-hydrogen) atoms. The molecular weight excluding hydrogens is 292 g/mol. The second-order valence-corrected chi connectivity index (χ2v) is 4.89. The Balaban J connectivity index is 2.09. The number of hydrogen-bond donors (Lipinski definition) is 3. The molecule has 118 valence electrons. The molecule has 4 nitrogen and oxygen atoms in total. The van der Waals surface area contributed by atoms with E-state index in [-0.39, 0.29) is 5.56 Å². The Labute approximate surface area is 126 Å². The molecule has 0 unspecified atom stereocenters. The lowest BCUT2D eigenvalue weighted by molar-refractivity contribution is -0.0716. The Hall–Kier alpha value is -2.18. The SMILES string of the molecule is N[C@H](c1ccc(OCc2ccccc2)cc1O)C(F)(F)CO. The number of phenols is 1. The van der Waals surface area contributed by atoms with Gasteiger partial charge in [0.05, 0.1) is 0 Å². The molecule has 0 aliphatic rings. The first-order chi connectivity index (χ1) is 10.4. The summed E-state index contributed by atoms with van der Waals surface area (Å²) in [4.78, 5) is 0. The van der Waals surface area contributed by atoms with E-state index in [2.05, 4.69) is 0 Å². The highest BCUT2D eigenvalue weighted by molar-refractivity contribution is 5.42. The number of halogens is 2. The van der Waals surface area contributed by atoms with Crippen molar-refractivity contribution >= 4 is 0 Å². The van der Waals surface area contributed by atoms with Crippen LogP contribution in [-0.2, 0) is 6.61 Å². The van der Waals surface area contributed by atoms with Gasteiger partial charge in [0.1, 0.15) is 30.8 Å². The van der Waals surface area contributed by atoms with Gasteiger partial charge in [-0.15, -0.1) is 0 Å². The van der Waals surface area contributed by atoms with Crippen molar-refractivity contribution in [2.75, 3.05) is 6.61 Å². The number of alkyl halides is 2. The topological polar surface area (TPSA) is 75.7 Å². The van der Waals surface area contributed by atoms with Crippen LogP contribution in [0.2, 0.25) is 0 Å². The molecule has 1 atom stereocenters. The van der Waals surface area contributed by atoms with E-state index in [0.29, 0.717) is 12.4 Å². The summed E-state index contributed by atoms with van der Waals surface area (Å²) >= 11 is 0. The summed E-state index contributed by atoms with van der Waals surface area (Å²) in [6.07, 6.45) is 0. The number of nitrogens with two attached hydrogens (primary N) is 1. The summed E-state index contributed by atoms with van der Waals surface area (Å²) in [6, 6.07) is 11.5. The molecular formula is C16H17F2NO3. The number of phenolic OH excluding ortho intramolecular Hbond substituents is 1. The maximum Gasteiger partial charge on any atom is 0.289 e. The lowest BCUT2D eigenvalue weighted by atomic mass is 10.0. The summed E-state index contributed by atoms with van der Waals surface area (Å²) in [7, 11) is 0. The van der Waals surface area contributed by atoms with Crippen molar-refractivity contribution in [3.8, 4) is 11.5 Å². The van der Waals surface area contributed by atoms with Crippen LogP contribution in [0.1, 0.15) is 17.2 Å². The summed E-state index contributed by atoms with van der Waals surface area (Å²) < 4.78 is 32.2. The van der Waals surface area contributed by atoms with Crippen LogP contribution in [0.25, 0.3) is 0 Å². The molecule has 0 heterocycles. The Bertz CT molecular complexity index is 620. The zero-order valence-electron chi connectivity index (χ0n) is 11.7. The third kappa shape index (κ3) is 3.72. The molecule has 0 saturated carbocycles. The number of rotatable bonds is 6. The second kappa shape index (κ2) is 6.72. The largest absolute Gasteiger partial charge is 0.507 e. The zero-order valence-corrected chi connectivity index (χ0v) is 11.7. The van der Waals surface area contributed by atoms with Gasteiger partial charge in [-0.3, -0.25) is 0 Å². The summed E-state index contributed by atoms with van der Waals surface area (Å²) in [6.45, 7) is -1.10. The van der Waals surface area contributed by atoms with E-state index in [0.717, 1.165) is 5.56 Å². The number of ether oxygens (including phenoxy) is 1. The van der Waals surface area contributed by atoms with E-state index in [4.69, 9.17) is 15.6 Å². The molecule has 4 N–H and O–H groups in total. The van der Waals surface area contributed by atoms with E-state index in [1.54, 1.807) is 0 Å². The fourth-order valence-corrected chi connectivity index (χ4v) is 1.94. The number of aliphatic hydroxyl groups excluding tert-OH is 1. The predicted molar refractivity (Wildman–Crippen MR) is 77.8 cm³/mol. The first kappa shape index (κ1) is 16.2. The van der Waals surface area contributed by atoms with E-state index >= 15 is 0 Å². The summed E-state index contributed by atoms with van der Waals surface area (Å²) in [5.41, 5.74) is 6.18. The van der Waals surface area contributed by atoms with Crippen LogP contribution < -0.4 is 10.5 Å². The smallest absolute Gasteiger partial charge is 0.289 e. The molecule has 6 heteroatoms.